The van der Waals surface area contributed by atoms with E-state index in [4.69, 9.17) is 4.74 Å². The summed E-state index contributed by atoms with van der Waals surface area (Å²) in [7, 11) is 0. The number of aromatic nitrogens is 2. The molecule has 1 saturated carbocycles. The van der Waals surface area contributed by atoms with E-state index in [1.54, 1.807) is 0 Å². The van der Waals surface area contributed by atoms with Crippen molar-refractivity contribution >= 4 is 17.8 Å². The van der Waals surface area contributed by atoms with Crippen LogP contribution in [0.2, 0.25) is 0 Å². The fraction of sp³-hybridized carbons (Fsp3) is 0.781. The average Bonchev–Trinajstić information content (AvgIpc) is 2.95. The summed E-state index contributed by atoms with van der Waals surface area (Å²) < 4.78 is 6.42. The maximum atomic E-state index is 13.3. The van der Waals surface area contributed by atoms with E-state index in [0.717, 1.165) is 108 Å². The summed E-state index contributed by atoms with van der Waals surface area (Å²) in [5.74, 6) is 1.15. The van der Waals surface area contributed by atoms with Gasteiger partial charge in [0.05, 0.1) is 17.0 Å². The SMILES string of the molecule is CCCC[C@H]1CN(CC2CCC(=O)CC2)C(=O)OC12CCN(C1(C)CCN(C(=O)c3c(C)ncnc3C)CC1)CC2. The van der Waals surface area contributed by atoms with Crippen molar-refractivity contribution in [2.45, 2.75) is 109 Å². The number of unbranched alkanes of at least 4 members (excludes halogenated alkanes) is 1. The molecule has 4 heterocycles. The van der Waals surface area contributed by atoms with Crippen LogP contribution in [0.5, 0.6) is 0 Å². The van der Waals surface area contributed by atoms with E-state index in [1.165, 1.54) is 6.33 Å². The minimum absolute atomic E-state index is 0.0255. The number of hydrogen-bond donors (Lipinski definition) is 0. The van der Waals surface area contributed by atoms with E-state index in [1.807, 2.05) is 23.6 Å². The fourth-order valence-electron chi connectivity index (χ4n) is 7.78. The highest BCUT2D eigenvalue weighted by Gasteiger charge is 2.51. The number of rotatable bonds is 7. The normalized spacial score (nSPS) is 25.4. The molecule has 0 aromatic carbocycles. The lowest BCUT2D eigenvalue weighted by Crippen LogP contribution is -2.64. The van der Waals surface area contributed by atoms with Gasteiger partial charge >= 0.3 is 6.09 Å². The number of Topliss-reactive ketones (excluding diaryl/α,β-unsaturated/α-hetero) is 1. The second-order valence-electron chi connectivity index (χ2n) is 13.4. The molecule has 41 heavy (non-hydrogen) atoms. The summed E-state index contributed by atoms with van der Waals surface area (Å²) in [6.07, 6.45) is 11.4. The largest absolute Gasteiger partial charge is 0.442 e. The van der Waals surface area contributed by atoms with E-state index in [9.17, 15) is 14.4 Å². The van der Waals surface area contributed by atoms with E-state index in [2.05, 4.69) is 28.7 Å². The quantitative estimate of drug-likeness (QED) is 0.460. The van der Waals surface area contributed by atoms with Crippen LogP contribution in [0.4, 0.5) is 4.79 Å². The maximum Gasteiger partial charge on any atom is 0.410 e. The molecule has 4 fully saturated rings. The molecule has 0 N–H and O–H groups in total. The smallest absolute Gasteiger partial charge is 0.410 e. The van der Waals surface area contributed by atoms with Gasteiger partial charge in [0.2, 0.25) is 0 Å². The zero-order valence-corrected chi connectivity index (χ0v) is 25.6. The van der Waals surface area contributed by atoms with Crippen molar-refractivity contribution in [3.05, 3.63) is 23.3 Å². The fourth-order valence-corrected chi connectivity index (χ4v) is 7.78. The van der Waals surface area contributed by atoms with Gasteiger partial charge in [-0.05, 0) is 58.8 Å². The van der Waals surface area contributed by atoms with Gasteiger partial charge in [-0.1, -0.05) is 19.8 Å². The molecule has 226 valence electrons. The number of carbonyl (C=O) groups is 3. The Morgan fingerprint density at radius 1 is 1.00 bits per heavy atom. The molecule has 4 aliphatic rings. The zero-order chi connectivity index (χ0) is 29.2. The highest BCUT2D eigenvalue weighted by atomic mass is 16.6. The summed E-state index contributed by atoms with van der Waals surface area (Å²) in [5, 5.41) is 0. The van der Waals surface area contributed by atoms with Gasteiger partial charge in [-0.3, -0.25) is 14.5 Å². The molecule has 3 aliphatic heterocycles. The number of aryl methyl sites for hydroxylation is 2. The number of hydrogen-bond acceptors (Lipinski definition) is 7. The van der Waals surface area contributed by atoms with Crippen LogP contribution in [0.25, 0.3) is 0 Å². The molecule has 3 saturated heterocycles. The van der Waals surface area contributed by atoms with Crippen LogP contribution >= 0.6 is 0 Å². The Balaban J connectivity index is 1.19. The van der Waals surface area contributed by atoms with Gasteiger partial charge in [-0.25, -0.2) is 14.8 Å². The first-order chi connectivity index (χ1) is 19.6. The summed E-state index contributed by atoms with van der Waals surface area (Å²) >= 11 is 0. The number of ketones is 1. The van der Waals surface area contributed by atoms with Gasteiger partial charge in [-0.2, -0.15) is 0 Å². The Bertz CT molecular complexity index is 1090. The average molecular weight is 568 g/mol. The van der Waals surface area contributed by atoms with E-state index >= 15 is 0 Å². The van der Waals surface area contributed by atoms with Crippen molar-refractivity contribution in [3.63, 3.8) is 0 Å². The molecular weight excluding hydrogens is 518 g/mol. The molecule has 0 radical (unpaired) electrons. The molecule has 0 unspecified atom stereocenters. The first-order valence-electron chi connectivity index (χ1n) is 16.0. The summed E-state index contributed by atoms with van der Waals surface area (Å²) in [6, 6.07) is 0. The molecule has 0 bridgehead atoms. The van der Waals surface area contributed by atoms with Gasteiger partial charge < -0.3 is 14.5 Å². The van der Waals surface area contributed by atoms with Crippen molar-refractivity contribution in [2.24, 2.45) is 11.8 Å². The second kappa shape index (κ2) is 12.4. The third-order valence-electron chi connectivity index (χ3n) is 10.7. The lowest BCUT2D eigenvalue weighted by Gasteiger charge is -2.55. The predicted molar refractivity (Wildman–Crippen MR) is 157 cm³/mol. The Morgan fingerprint density at radius 2 is 1.63 bits per heavy atom. The van der Waals surface area contributed by atoms with Crippen LogP contribution in [0.3, 0.4) is 0 Å². The standard InChI is InChI=1S/C32H49N5O4/c1-5-6-7-26-21-36(20-25-8-10-27(38)11-9-25)30(40)41-32(26)14-18-37(19-15-32)31(4)12-16-35(17-13-31)29(39)28-23(2)33-22-34-24(28)3/h22,25-26H,5-21H2,1-4H3/t26-/m0/s1. The Labute approximate surface area is 245 Å². The third-order valence-corrected chi connectivity index (χ3v) is 10.7. The molecule has 9 heteroatoms. The monoisotopic (exact) mass is 567 g/mol. The molecule has 2 amide bonds. The molecule has 5 rings (SSSR count). The van der Waals surface area contributed by atoms with Crippen molar-refractivity contribution in [1.29, 1.82) is 0 Å². The van der Waals surface area contributed by atoms with Gasteiger partial charge in [-0.15, -0.1) is 0 Å². The Hall–Kier alpha value is -2.55. The number of piperidine rings is 2. The summed E-state index contributed by atoms with van der Waals surface area (Å²) in [6.45, 7) is 13.1. The molecule has 9 nitrogen and oxygen atoms in total. The number of nitrogens with zero attached hydrogens (tertiary/aromatic N) is 5. The summed E-state index contributed by atoms with van der Waals surface area (Å²) in [4.78, 5) is 53.3. The minimum Gasteiger partial charge on any atom is -0.442 e. The number of carbonyl (C=O) groups excluding carboxylic acids is 3. The van der Waals surface area contributed by atoms with Gasteiger partial charge in [0, 0.05) is 76.4 Å². The number of likely N-dealkylation sites (tertiary alicyclic amines) is 2. The first-order valence-corrected chi connectivity index (χ1v) is 16.0. The minimum atomic E-state index is -0.378. The number of amides is 2. The van der Waals surface area contributed by atoms with Crippen molar-refractivity contribution in [2.75, 3.05) is 39.3 Å². The third kappa shape index (κ3) is 6.30. The van der Waals surface area contributed by atoms with Gasteiger partial charge in [0.15, 0.2) is 0 Å². The van der Waals surface area contributed by atoms with Crippen LogP contribution in [0, 0.1) is 25.7 Å². The van der Waals surface area contributed by atoms with E-state index < -0.39 is 0 Å². The van der Waals surface area contributed by atoms with Gasteiger partial charge in [0.25, 0.3) is 5.91 Å². The van der Waals surface area contributed by atoms with Crippen LogP contribution in [-0.2, 0) is 9.53 Å². The Kier molecular flexibility index (Phi) is 9.02. The lowest BCUT2D eigenvalue weighted by molar-refractivity contribution is -0.135. The molecule has 1 aromatic heterocycles. The van der Waals surface area contributed by atoms with Crippen molar-refractivity contribution in [1.82, 2.24) is 24.7 Å². The molecule has 1 spiro atoms. The molecule has 1 aromatic rings. The first kappa shape index (κ1) is 29.9. The lowest BCUT2D eigenvalue weighted by atomic mass is 9.74. The maximum absolute atomic E-state index is 13.3. The number of ether oxygens (including phenoxy) is 1. The summed E-state index contributed by atoms with van der Waals surface area (Å²) in [5.41, 5.74) is 1.77. The topological polar surface area (TPSA) is 95.9 Å². The van der Waals surface area contributed by atoms with Crippen LogP contribution in [0.15, 0.2) is 6.33 Å². The van der Waals surface area contributed by atoms with Crippen LogP contribution < -0.4 is 0 Å². The van der Waals surface area contributed by atoms with E-state index in [0.29, 0.717) is 36.0 Å². The predicted octanol–water partition coefficient (Wildman–Crippen LogP) is 4.94. The van der Waals surface area contributed by atoms with Crippen LogP contribution in [-0.4, -0.2) is 92.9 Å². The molecule has 1 atom stereocenters. The second-order valence-corrected chi connectivity index (χ2v) is 13.4. The highest BCUT2D eigenvalue weighted by Crippen LogP contribution is 2.43. The van der Waals surface area contributed by atoms with Crippen molar-refractivity contribution < 1.29 is 19.1 Å². The van der Waals surface area contributed by atoms with Gasteiger partial charge in [0.1, 0.15) is 17.7 Å². The van der Waals surface area contributed by atoms with Crippen LogP contribution in [0.1, 0.15) is 106 Å². The molecule has 1 aliphatic carbocycles. The Morgan fingerprint density at radius 3 is 2.24 bits per heavy atom. The molecular formula is C32H49N5O4. The van der Waals surface area contributed by atoms with E-state index in [-0.39, 0.29) is 23.1 Å². The highest BCUT2D eigenvalue weighted by molar-refractivity contribution is 5.96. The van der Waals surface area contributed by atoms with Crippen molar-refractivity contribution in [3.8, 4) is 0 Å². The zero-order valence-electron chi connectivity index (χ0n) is 25.6.